The van der Waals surface area contributed by atoms with Gasteiger partial charge in [-0.15, -0.1) is 0 Å². The highest BCUT2D eigenvalue weighted by atomic mass is 35.5. The van der Waals surface area contributed by atoms with Crippen LogP contribution in [0.3, 0.4) is 0 Å². The number of anilines is 1. The number of rotatable bonds is 7. The molecule has 3 aromatic rings. The maximum Gasteiger partial charge on any atom is 0.264 e. The molecular weight excluding hydrogens is 468 g/mol. The molecule has 0 saturated carbocycles. The first kappa shape index (κ1) is 24.3. The van der Waals surface area contributed by atoms with Gasteiger partial charge in [0.05, 0.1) is 16.6 Å². The lowest BCUT2D eigenvalue weighted by molar-refractivity contribution is -0.120. The first-order valence-electron chi connectivity index (χ1n) is 11.4. The number of amides is 1. The first-order chi connectivity index (χ1) is 16.1. The monoisotopic (exact) mass is 496 g/mol. The Bertz CT molecular complexity index is 1320. The average Bonchev–Trinajstić information content (AvgIpc) is 3.27. The molecule has 0 spiro atoms. The van der Waals surface area contributed by atoms with Crippen molar-refractivity contribution in [1.29, 1.82) is 0 Å². The summed E-state index contributed by atoms with van der Waals surface area (Å²) in [5.41, 5.74) is 6.16. The maximum absolute atomic E-state index is 13.6. The molecule has 1 amide bonds. The van der Waals surface area contributed by atoms with Crippen molar-refractivity contribution in [1.82, 2.24) is 5.32 Å². The topological polar surface area (TPSA) is 66.5 Å². The first-order valence-corrected chi connectivity index (χ1v) is 13.2. The molecule has 1 N–H and O–H groups in total. The van der Waals surface area contributed by atoms with Crippen LogP contribution in [-0.4, -0.2) is 20.9 Å². The van der Waals surface area contributed by atoms with Crippen LogP contribution < -0.4 is 9.62 Å². The van der Waals surface area contributed by atoms with E-state index in [-0.39, 0.29) is 23.4 Å². The zero-order valence-corrected chi connectivity index (χ0v) is 21.2. The molecule has 4 rings (SSSR count). The van der Waals surface area contributed by atoms with Gasteiger partial charge in [0.1, 0.15) is 6.54 Å². The van der Waals surface area contributed by atoms with Gasteiger partial charge in [0, 0.05) is 5.02 Å². The molecule has 178 valence electrons. The third-order valence-corrected chi connectivity index (χ3v) is 8.51. The van der Waals surface area contributed by atoms with Crippen molar-refractivity contribution in [2.75, 3.05) is 10.8 Å². The van der Waals surface area contributed by atoms with Crippen LogP contribution in [0.4, 0.5) is 5.69 Å². The standard InChI is InChI=1S/C27H29ClN2O3S/c1-18-7-12-25(15-19(18)2)30(34(32,33)26-13-10-24(28)11-14-26)17-27(31)29-20(3)22-9-8-21-5-4-6-23(21)16-22/h7-16,20H,4-6,17H2,1-3H3,(H,29,31)/t20-/m0/s1. The second kappa shape index (κ2) is 9.80. The van der Waals surface area contributed by atoms with E-state index in [9.17, 15) is 13.2 Å². The number of carbonyl (C=O) groups excluding carboxylic acids is 1. The van der Waals surface area contributed by atoms with Crippen molar-refractivity contribution >= 4 is 33.2 Å². The SMILES string of the molecule is Cc1ccc(N(CC(=O)N[C@@H](C)c2ccc3c(c2)CCC3)S(=O)(=O)c2ccc(Cl)cc2)cc1C. The van der Waals surface area contributed by atoms with E-state index >= 15 is 0 Å². The summed E-state index contributed by atoms with van der Waals surface area (Å²) in [6.45, 7) is 5.47. The highest BCUT2D eigenvalue weighted by Crippen LogP contribution is 2.28. The molecule has 1 aliphatic rings. The molecule has 5 nitrogen and oxygen atoms in total. The van der Waals surface area contributed by atoms with Gasteiger partial charge in [-0.05, 0) is 104 Å². The van der Waals surface area contributed by atoms with E-state index in [0.717, 1.165) is 40.3 Å². The molecule has 0 aliphatic heterocycles. The average molecular weight is 497 g/mol. The van der Waals surface area contributed by atoms with Crippen molar-refractivity contribution < 1.29 is 13.2 Å². The van der Waals surface area contributed by atoms with Gasteiger partial charge in [0.2, 0.25) is 5.91 Å². The summed E-state index contributed by atoms with van der Waals surface area (Å²) in [7, 11) is -3.99. The largest absolute Gasteiger partial charge is 0.348 e. The van der Waals surface area contributed by atoms with E-state index in [1.54, 1.807) is 12.1 Å². The Hall–Kier alpha value is -2.83. The molecule has 7 heteroatoms. The van der Waals surface area contributed by atoms with Gasteiger partial charge in [-0.25, -0.2) is 8.42 Å². The second-order valence-corrected chi connectivity index (χ2v) is 11.2. The number of nitrogens with zero attached hydrogens (tertiary/aromatic N) is 1. The summed E-state index contributed by atoms with van der Waals surface area (Å²) in [5, 5.41) is 3.42. The fraction of sp³-hybridized carbons (Fsp3) is 0.296. The van der Waals surface area contributed by atoms with Gasteiger partial charge in [-0.2, -0.15) is 0 Å². The minimum Gasteiger partial charge on any atom is -0.348 e. The van der Waals surface area contributed by atoms with E-state index in [1.165, 1.54) is 35.4 Å². The Morgan fingerprint density at radius 1 is 0.971 bits per heavy atom. The second-order valence-electron chi connectivity index (χ2n) is 8.91. The molecule has 1 aliphatic carbocycles. The number of sulfonamides is 1. The van der Waals surface area contributed by atoms with Crippen LogP contribution in [-0.2, 0) is 27.7 Å². The molecule has 0 heterocycles. The number of halogens is 1. The highest BCUT2D eigenvalue weighted by Gasteiger charge is 2.28. The molecule has 0 bridgehead atoms. The van der Waals surface area contributed by atoms with Crippen LogP contribution in [0.5, 0.6) is 0 Å². The lowest BCUT2D eigenvalue weighted by Gasteiger charge is -2.26. The molecule has 0 fully saturated rings. The van der Waals surface area contributed by atoms with Crippen LogP contribution in [0.25, 0.3) is 0 Å². The van der Waals surface area contributed by atoms with Crippen LogP contribution >= 0.6 is 11.6 Å². The predicted octanol–water partition coefficient (Wildman–Crippen LogP) is 5.52. The molecule has 1 atom stereocenters. The predicted molar refractivity (Wildman–Crippen MR) is 137 cm³/mol. The Labute approximate surface area is 206 Å². The Balaban J connectivity index is 1.60. The summed E-state index contributed by atoms with van der Waals surface area (Å²) in [4.78, 5) is 13.2. The lowest BCUT2D eigenvalue weighted by Crippen LogP contribution is -2.41. The Kier molecular flexibility index (Phi) is 7.01. The van der Waals surface area contributed by atoms with Gasteiger partial charge in [0.25, 0.3) is 10.0 Å². The van der Waals surface area contributed by atoms with E-state index < -0.39 is 10.0 Å². The van der Waals surface area contributed by atoms with Crippen LogP contribution in [0.15, 0.2) is 65.6 Å². The van der Waals surface area contributed by atoms with E-state index in [2.05, 4.69) is 17.4 Å². The van der Waals surface area contributed by atoms with Gasteiger partial charge in [-0.3, -0.25) is 9.10 Å². The molecule has 0 unspecified atom stereocenters. The lowest BCUT2D eigenvalue weighted by atomic mass is 10.0. The third kappa shape index (κ3) is 5.13. The van der Waals surface area contributed by atoms with Crippen LogP contribution in [0, 0.1) is 13.8 Å². The molecular formula is C27H29ClN2O3S. The summed E-state index contributed by atoms with van der Waals surface area (Å²) in [6, 6.07) is 17.4. The van der Waals surface area contributed by atoms with Crippen molar-refractivity contribution in [2.45, 2.75) is 51.0 Å². The van der Waals surface area contributed by atoms with Gasteiger partial charge >= 0.3 is 0 Å². The van der Waals surface area contributed by atoms with E-state index in [4.69, 9.17) is 11.6 Å². The number of hydrogen-bond donors (Lipinski definition) is 1. The van der Waals surface area contributed by atoms with Crippen molar-refractivity contribution in [3.05, 3.63) is 93.5 Å². The van der Waals surface area contributed by atoms with Gasteiger partial charge < -0.3 is 5.32 Å². The molecule has 0 radical (unpaired) electrons. The van der Waals surface area contributed by atoms with Crippen LogP contribution in [0.2, 0.25) is 5.02 Å². The molecule has 34 heavy (non-hydrogen) atoms. The van der Waals surface area contributed by atoms with Gasteiger partial charge in [-0.1, -0.05) is 35.9 Å². The number of aryl methyl sites for hydroxylation is 4. The Morgan fingerprint density at radius 3 is 2.38 bits per heavy atom. The minimum absolute atomic E-state index is 0.0783. The highest BCUT2D eigenvalue weighted by molar-refractivity contribution is 7.92. The summed E-state index contributed by atoms with van der Waals surface area (Å²) in [5.74, 6) is -0.372. The zero-order chi connectivity index (χ0) is 24.5. The fourth-order valence-electron chi connectivity index (χ4n) is 4.29. The number of carbonyl (C=O) groups is 1. The minimum atomic E-state index is -3.99. The smallest absolute Gasteiger partial charge is 0.264 e. The van der Waals surface area contributed by atoms with Crippen molar-refractivity contribution in [3.8, 4) is 0 Å². The van der Waals surface area contributed by atoms with Crippen molar-refractivity contribution in [3.63, 3.8) is 0 Å². The zero-order valence-electron chi connectivity index (χ0n) is 19.6. The summed E-state index contributed by atoms with van der Waals surface area (Å²) < 4.78 is 28.3. The van der Waals surface area contributed by atoms with Gasteiger partial charge in [0.15, 0.2) is 0 Å². The molecule has 0 saturated heterocycles. The van der Waals surface area contributed by atoms with E-state index in [1.807, 2.05) is 32.9 Å². The molecule has 3 aromatic carbocycles. The summed E-state index contributed by atoms with van der Waals surface area (Å²) in [6.07, 6.45) is 3.32. The molecule has 0 aromatic heterocycles. The van der Waals surface area contributed by atoms with Crippen molar-refractivity contribution in [2.24, 2.45) is 0 Å². The third-order valence-electron chi connectivity index (χ3n) is 6.47. The Morgan fingerprint density at radius 2 is 1.68 bits per heavy atom. The van der Waals surface area contributed by atoms with E-state index in [0.29, 0.717) is 10.7 Å². The number of fused-ring (bicyclic) bond motifs is 1. The maximum atomic E-state index is 13.6. The normalized spacial score (nSPS) is 13.9. The number of benzene rings is 3. The quantitative estimate of drug-likeness (QED) is 0.468. The number of hydrogen-bond acceptors (Lipinski definition) is 3. The van der Waals surface area contributed by atoms with Crippen LogP contribution in [0.1, 0.15) is 47.2 Å². The number of nitrogens with one attached hydrogen (secondary N) is 1. The fourth-order valence-corrected chi connectivity index (χ4v) is 5.83. The summed E-state index contributed by atoms with van der Waals surface area (Å²) >= 11 is 5.96.